The second-order valence-corrected chi connectivity index (χ2v) is 3.21. The lowest BCUT2D eigenvalue weighted by molar-refractivity contribution is -0.286. The zero-order valence-corrected chi connectivity index (χ0v) is 7.85. The van der Waals surface area contributed by atoms with E-state index in [9.17, 15) is 8.78 Å². The molecule has 1 aromatic rings. The molecule has 0 aromatic heterocycles. The molecule has 0 bridgehead atoms. The minimum Gasteiger partial charge on any atom is -0.395 e. The summed E-state index contributed by atoms with van der Waals surface area (Å²) in [6, 6.07) is 4.44. The van der Waals surface area contributed by atoms with Crippen molar-refractivity contribution in [2.24, 2.45) is 10.3 Å². The van der Waals surface area contributed by atoms with E-state index >= 15 is 0 Å². The molecule has 2 heterocycles. The summed E-state index contributed by atoms with van der Waals surface area (Å²) in [6.07, 6.45) is -3.59. The molecule has 0 radical (unpaired) electrons. The largest absolute Gasteiger partial charge is 0.586 e. The third-order valence-corrected chi connectivity index (χ3v) is 2.14. The number of fused-ring (bicyclic) bond motifs is 1. The highest BCUT2D eigenvalue weighted by atomic mass is 19.3. The number of alkyl halides is 2. The van der Waals surface area contributed by atoms with Crippen LogP contribution in [0.15, 0.2) is 28.5 Å². The summed E-state index contributed by atoms with van der Waals surface area (Å²) in [7, 11) is 0. The van der Waals surface area contributed by atoms with Gasteiger partial charge in [0.1, 0.15) is 0 Å². The molecule has 0 saturated carbocycles. The normalized spacial score (nSPS) is 20.0. The summed E-state index contributed by atoms with van der Waals surface area (Å²) in [5.74, 6) is 0.0121. The Morgan fingerprint density at radius 3 is 2.88 bits per heavy atom. The summed E-state index contributed by atoms with van der Waals surface area (Å²) in [5, 5.41) is 8.80. The monoisotopic (exact) mass is 228 g/mol. The molecule has 0 saturated heterocycles. The smallest absolute Gasteiger partial charge is 0.395 e. The van der Waals surface area contributed by atoms with Crippen LogP contribution in [0.1, 0.15) is 0 Å². The zero-order valence-electron chi connectivity index (χ0n) is 7.85. The van der Waals surface area contributed by atoms with Gasteiger partial charge < -0.3 is 9.47 Å². The molecule has 0 spiro atoms. The van der Waals surface area contributed by atoms with Crippen LogP contribution < -0.4 is 20.0 Å². The first-order valence-corrected chi connectivity index (χ1v) is 4.44. The summed E-state index contributed by atoms with van der Waals surface area (Å²) in [5.41, 5.74) is 3.21. The molecule has 1 N–H and O–H groups in total. The minimum absolute atomic E-state index is 0.00352. The van der Waals surface area contributed by atoms with Crippen molar-refractivity contribution in [3.05, 3.63) is 18.2 Å². The summed E-state index contributed by atoms with van der Waals surface area (Å²) < 4.78 is 34.1. The van der Waals surface area contributed by atoms with Gasteiger partial charge in [0, 0.05) is 6.07 Å². The van der Waals surface area contributed by atoms with Gasteiger partial charge in [-0.2, -0.15) is 5.53 Å². The number of nitrogens with one attached hydrogen (secondary N) is 1. The van der Waals surface area contributed by atoms with Gasteiger partial charge in [-0.25, -0.2) is 5.01 Å². The van der Waals surface area contributed by atoms with Crippen molar-refractivity contribution in [2.45, 2.75) is 6.29 Å². The number of benzene rings is 1. The molecule has 0 fully saturated rings. The Hall–Kier alpha value is -2.12. The molecule has 6 nitrogen and oxygen atoms in total. The number of nitrogens with zero attached hydrogens (tertiary/aromatic N) is 3. The highest BCUT2D eigenvalue weighted by Crippen LogP contribution is 2.42. The van der Waals surface area contributed by atoms with Crippen molar-refractivity contribution in [2.75, 3.05) is 11.7 Å². The predicted molar refractivity (Wildman–Crippen MR) is 48.0 cm³/mol. The minimum atomic E-state index is -3.59. The predicted octanol–water partition coefficient (Wildman–Crippen LogP) is 1.66. The molecule has 3 rings (SSSR count). The molecular formula is C8H6F2N4O2. The van der Waals surface area contributed by atoms with Gasteiger partial charge in [0.05, 0.1) is 5.69 Å². The van der Waals surface area contributed by atoms with E-state index in [4.69, 9.17) is 0 Å². The van der Waals surface area contributed by atoms with E-state index in [1.54, 1.807) is 11.1 Å². The van der Waals surface area contributed by atoms with Gasteiger partial charge in [-0.1, -0.05) is 5.22 Å². The number of hydrazine groups is 1. The number of rotatable bonds is 1. The van der Waals surface area contributed by atoms with Crippen LogP contribution in [0.3, 0.4) is 0 Å². The Morgan fingerprint density at radius 1 is 1.31 bits per heavy atom. The SMILES string of the molecule is FC1(F)Oc2ccc(N3CN=NN3)cc2O1. The second-order valence-electron chi connectivity index (χ2n) is 3.21. The molecule has 84 valence electrons. The molecule has 2 aliphatic heterocycles. The number of ether oxygens (including phenoxy) is 2. The third-order valence-electron chi connectivity index (χ3n) is 2.14. The van der Waals surface area contributed by atoms with Gasteiger partial charge in [-0.3, -0.25) is 0 Å². The summed E-state index contributed by atoms with van der Waals surface area (Å²) in [6.45, 7) is 0.316. The lowest BCUT2D eigenvalue weighted by Gasteiger charge is -2.14. The molecule has 0 atom stereocenters. The summed E-state index contributed by atoms with van der Waals surface area (Å²) in [4.78, 5) is 0. The van der Waals surface area contributed by atoms with Gasteiger partial charge in [0.25, 0.3) is 0 Å². The van der Waals surface area contributed by atoms with Crippen LogP contribution in [-0.2, 0) is 0 Å². The molecule has 2 aliphatic rings. The van der Waals surface area contributed by atoms with Crippen molar-refractivity contribution in [1.82, 2.24) is 5.53 Å². The van der Waals surface area contributed by atoms with Crippen LogP contribution in [0.4, 0.5) is 14.5 Å². The Bertz CT molecular complexity index is 457. The lowest BCUT2D eigenvalue weighted by Crippen LogP contribution is -2.29. The second kappa shape index (κ2) is 2.94. The maximum absolute atomic E-state index is 12.7. The average molecular weight is 228 g/mol. The molecule has 0 unspecified atom stereocenters. The topological polar surface area (TPSA) is 58.5 Å². The standard InChI is InChI=1S/C8H6F2N4O2/c9-8(10)15-6-2-1-5(3-7(6)16-8)14-4-11-12-13-14/h1-3H,4H2,(H,11,13). The fourth-order valence-electron chi connectivity index (χ4n) is 1.46. The molecular weight excluding hydrogens is 222 g/mol. The van der Waals surface area contributed by atoms with Crippen LogP contribution in [0, 0.1) is 0 Å². The number of anilines is 1. The van der Waals surface area contributed by atoms with Crippen molar-refractivity contribution in [3.63, 3.8) is 0 Å². The maximum atomic E-state index is 12.7. The van der Waals surface area contributed by atoms with Crippen molar-refractivity contribution >= 4 is 5.69 Å². The quantitative estimate of drug-likeness (QED) is 0.794. The Kier molecular flexibility index (Phi) is 1.68. The van der Waals surface area contributed by atoms with E-state index in [-0.39, 0.29) is 11.5 Å². The van der Waals surface area contributed by atoms with E-state index in [0.717, 1.165) is 0 Å². The molecule has 0 amide bonds. The van der Waals surface area contributed by atoms with E-state index in [2.05, 4.69) is 25.3 Å². The number of hydrogen-bond donors (Lipinski definition) is 1. The molecule has 1 aromatic carbocycles. The Labute approximate surface area is 88.4 Å². The lowest BCUT2D eigenvalue weighted by atomic mass is 10.3. The maximum Gasteiger partial charge on any atom is 0.586 e. The first kappa shape index (κ1) is 9.13. The van der Waals surface area contributed by atoms with Crippen LogP contribution in [0.5, 0.6) is 11.5 Å². The van der Waals surface area contributed by atoms with Gasteiger partial charge in [0.15, 0.2) is 18.2 Å². The number of halogens is 2. The number of hydrogen-bond acceptors (Lipinski definition) is 6. The van der Waals surface area contributed by atoms with Crippen molar-refractivity contribution in [3.8, 4) is 11.5 Å². The van der Waals surface area contributed by atoms with Crippen molar-refractivity contribution < 1.29 is 18.3 Å². The van der Waals surface area contributed by atoms with Crippen LogP contribution in [0.25, 0.3) is 0 Å². The molecule has 8 heteroatoms. The van der Waals surface area contributed by atoms with Gasteiger partial charge >= 0.3 is 6.29 Å². The van der Waals surface area contributed by atoms with Crippen LogP contribution in [0.2, 0.25) is 0 Å². The fraction of sp³-hybridized carbons (Fsp3) is 0.250. The highest BCUT2D eigenvalue weighted by Gasteiger charge is 2.43. The van der Waals surface area contributed by atoms with E-state index in [1.165, 1.54) is 12.1 Å². The summed E-state index contributed by atoms with van der Waals surface area (Å²) >= 11 is 0. The Morgan fingerprint density at radius 2 is 2.12 bits per heavy atom. The van der Waals surface area contributed by atoms with E-state index in [1.807, 2.05) is 0 Å². The van der Waals surface area contributed by atoms with Crippen LogP contribution in [-0.4, -0.2) is 13.0 Å². The fourth-order valence-corrected chi connectivity index (χ4v) is 1.46. The van der Waals surface area contributed by atoms with Gasteiger partial charge in [0.2, 0.25) is 0 Å². The highest BCUT2D eigenvalue weighted by molar-refractivity contribution is 5.57. The first-order valence-electron chi connectivity index (χ1n) is 4.44. The third kappa shape index (κ3) is 1.38. The Balaban J connectivity index is 1.90. The first-order chi connectivity index (χ1) is 7.64. The van der Waals surface area contributed by atoms with Crippen LogP contribution >= 0.6 is 0 Å². The van der Waals surface area contributed by atoms with Crippen molar-refractivity contribution in [1.29, 1.82) is 0 Å². The molecule has 16 heavy (non-hydrogen) atoms. The zero-order chi connectivity index (χ0) is 11.2. The average Bonchev–Trinajstić information content (AvgIpc) is 2.80. The van der Waals surface area contributed by atoms with E-state index < -0.39 is 6.29 Å². The van der Waals surface area contributed by atoms with E-state index in [0.29, 0.717) is 12.4 Å². The molecule has 0 aliphatic carbocycles. The van der Waals surface area contributed by atoms with Gasteiger partial charge in [-0.05, 0) is 12.1 Å². The van der Waals surface area contributed by atoms with Gasteiger partial charge in [-0.15, -0.1) is 13.9 Å².